The van der Waals surface area contributed by atoms with E-state index in [1.165, 1.54) is 0 Å². The maximum atomic E-state index is 7.50. The summed E-state index contributed by atoms with van der Waals surface area (Å²) >= 11 is 0. The molecule has 0 aromatic rings. The second-order valence-electron chi connectivity index (χ2n) is 0. The van der Waals surface area contributed by atoms with Gasteiger partial charge in [-0.2, -0.15) is 0 Å². The van der Waals surface area contributed by atoms with Gasteiger partial charge in [0.2, 0.25) is 0 Å². The van der Waals surface area contributed by atoms with Gasteiger partial charge in [0.25, 0.3) is 0 Å². The Bertz CT molecular complexity index is 63.1. The molecule has 11 heavy (non-hydrogen) atoms. The van der Waals surface area contributed by atoms with Crippen LogP contribution in [-0.2, 0) is 38.4 Å². The molecule has 7 heteroatoms. The van der Waals surface area contributed by atoms with E-state index in [4.69, 9.17) is 18.6 Å². The van der Waals surface area contributed by atoms with E-state index in [-0.39, 0.29) is 78.9 Å². The smallest absolute Gasteiger partial charge is 0 e. The first kappa shape index (κ1) is 54.1. The van der Waals surface area contributed by atoms with Crippen LogP contribution in [0.2, 0.25) is 0 Å². The average molecular weight is 348 g/mol. The Labute approximate surface area is 122 Å². The monoisotopic (exact) mass is 350 g/mol. The van der Waals surface area contributed by atoms with Gasteiger partial charge in [-0.15, -0.1) is 0 Å². The molecule has 0 N–H and O–H groups in total. The van der Waals surface area contributed by atoms with Crippen LogP contribution >= 0.6 is 0 Å². The van der Waals surface area contributed by atoms with Crippen LogP contribution in [-0.4, -0.2) is 0 Å². The summed E-state index contributed by atoms with van der Waals surface area (Å²) in [7, 11) is 0. The van der Waals surface area contributed by atoms with Gasteiger partial charge in [-0.3, -0.25) is 0 Å². The molecule has 0 aliphatic carbocycles. The molecular weight excluding hydrogens is 348 g/mol. The van der Waals surface area contributed by atoms with Crippen molar-refractivity contribution < 1.29 is 97.5 Å². The van der Waals surface area contributed by atoms with Crippen molar-refractivity contribution in [2.45, 2.75) is 0 Å². The van der Waals surface area contributed by atoms with Gasteiger partial charge in [-0.1, -0.05) is 0 Å². The molecule has 0 fully saturated rings. The van der Waals surface area contributed by atoms with Gasteiger partial charge in [-0.25, -0.2) is 0 Å². The second-order valence-corrected chi connectivity index (χ2v) is 0. The van der Waals surface area contributed by atoms with Crippen LogP contribution in [0.3, 0.4) is 0 Å². The molecule has 0 aromatic carbocycles. The Morgan fingerprint density at radius 3 is 0.455 bits per heavy atom. The molecule has 0 saturated heterocycles. The van der Waals surface area contributed by atoms with Crippen molar-refractivity contribution in [3.05, 3.63) is 26.6 Å². The van der Waals surface area contributed by atoms with Crippen LogP contribution in [0.15, 0.2) is 0 Å². The van der Waals surface area contributed by atoms with Crippen LogP contribution in [0.5, 0.6) is 0 Å². The predicted octanol–water partition coefficient (Wildman–Crippen LogP) is -6.14. The minimum atomic E-state index is 0. The Balaban J connectivity index is -0.00000000356. The SMILES string of the molecule is [C-]#[O+].[C-]#[O+].[C-]#[O+].[C-]#[O+].[Na+].[Na+].[Os]. The van der Waals surface area contributed by atoms with E-state index in [0.29, 0.717) is 0 Å². The van der Waals surface area contributed by atoms with Crippen LogP contribution < -0.4 is 59.1 Å². The molecule has 0 rings (SSSR count). The molecule has 0 saturated carbocycles. The van der Waals surface area contributed by atoms with Crippen molar-refractivity contribution >= 4 is 0 Å². The van der Waals surface area contributed by atoms with E-state index in [0.717, 1.165) is 0 Å². The summed E-state index contributed by atoms with van der Waals surface area (Å²) in [6.45, 7) is 18.0. The maximum absolute atomic E-state index is 7.50. The normalized spacial score (nSPS) is 0.727. The van der Waals surface area contributed by atoms with Crippen LogP contribution in [0.1, 0.15) is 0 Å². The summed E-state index contributed by atoms with van der Waals surface area (Å²) in [6.07, 6.45) is 0. The third-order valence-electron chi connectivity index (χ3n) is 0. The Hall–Kier alpha value is 1.60. The van der Waals surface area contributed by atoms with Crippen LogP contribution in [0.25, 0.3) is 0 Å². The van der Waals surface area contributed by atoms with Crippen molar-refractivity contribution in [1.29, 1.82) is 0 Å². The van der Waals surface area contributed by atoms with Crippen molar-refractivity contribution in [3.8, 4) is 0 Å². The minimum Gasteiger partial charge on any atom is 0 e. The van der Waals surface area contributed by atoms with Gasteiger partial charge in [0.1, 0.15) is 0 Å². The minimum absolute atomic E-state index is 0. The molecular formula is C4Na2O4Os+2. The molecule has 0 amide bonds. The zero-order valence-electron chi connectivity index (χ0n) is 5.99. The van der Waals surface area contributed by atoms with Gasteiger partial charge in [-0.05, 0) is 0 Å². The average Bonchev–Trinajstić information content (AvgIpc) is 2.03. The fourth-order valence-corrected chi connectivity index (χ4v) is 0. The predicted molar refractivity (Wildman–Crippen MR) is 15.7 cm³/mol. The standard InChI is InChI=1S/4CO.2Na.Os/c4*1-2;;;/q;;;;2*+1;. The fourth-order valence-electron chi connectivity index (χ4n) is 0. The molecule has 0 bridgehead atoms. The molecule has 0 radical (unpaired) electrons. The zero-order chi connectivity index (χ0) is 8.00. The topological polar surface area (TPSA) is 79.6 Å². The second kappa shape index (κ2) is 511. The number of hydrogen-bond donors (Lipinski definition) is 0. The van der Waals surface area contributed by atoms with Gasteiger partial charge >= 0.3 is 104 Å². The Kier molecular flexibility index (Phi) is 2510. The number of hydrogen-bond acceptors (Lipinski definition) is 0. The molecule has 0 aliphatic rings. The fraction of sp³-hybridized carbons (Fsp3) is 0. The van der Waals surface area contributed by atoms with Gasteiger partial charge in [0.15, 0.2) is 0 Å². The Morgan fingerprint density at radius 2 is 0.455 bits per heavy atom. The van der Waals surface area contributed by atoms with Gasteiger partial charge in [0, 0.05) is 19.8 Å². The van der Waals surface area contributed by atoms with Gasteiger partial charge < -0.3 is 0 Å². The first-order valence-electron chi connectivity index (χ1n) is 0.816. The zero-order valence-corrected chi connectivity index (χ0v) is 12.5. The molecule has 0 aromatic heterocycles. The Morgan fingerprint density at radius 1 is 0.455 bits per heavy atom. The van der Waals surface area contributed by atoms with Crippen molar-refractivity contribution in [1.82, 2.24) is 0 Å². The molecule has 0 atom stereocenters. The quantitative estimate of drug-likeness (QED) is 0.237. The third kappa shape index (κ3) is 419. The molecule has 0 aliphatic heterocycles. The summed E-state index contributed by atoms with van der Waals surface area (Å²) in [4.78, 5) is 0. The first-order chi connectivity index (χ1) is 4.00. The summed E-state index contributed by atoms with van der Waals surface area (Å²) in [5.74, 6) is 0. The van der Waals surface area contributed by atoms with E-state index in [2.05, 4.69) is 26.6 Å². The van der Waals surface area contributed by atoms with E-state index in [9.17, 15) is 0 Å². The van der Waals surface area contributed by atoms with E-state index in [1.807, 2.05) is 0 Å². The van der Waals surface area contributed by atoms with Crippen LogP contribution in [0.4, 0.5) is 0 Å². The third-order valence-corrected chi connectivity index (χ3v) is 0. The molecule has 48 valence electrons. The van der Waals surface area contributed by atoms with Crippen molar-refractivity contribution in [2.24, 2.45) is 0 Å². The van der Waals surface area contributed by atoms with Crippen molar-refractivity contribution in [2.75, 3.05) is 0 Å². The van der Waals surface area contributed by atoms with E-state index >= 15 is 0 Å². The van der Waals surface area contributed by atoms with Crippen LogP contribution in [0, 0.1) is 26.6 Å². The molecule has 0 spiro atoms. The first-order valence-corrected chi connectivity index (χ1v) is 0.816. The van der Waals surface area contributed by atoms with Crippen molar-refractivity contribution in [3.63, 3.8) is 0 Å². The molecule has 4 nitrogen and oxygen atoms in total. The summed E-state index contributed by atoms with van der Waals surface area (Å²) in [5, 5.41) is 0. The number of rotatable bonds is 0. The van der Waals surface area contributed by atoms with Gasteiger partial charge in [0.05, 0.1) is 0 Å². The molecule has 0 unspecified atom stereocenters. The largest absolute Gasteiger partial charge is 1.00 e. The van der Waals surface area contributed by atoms with E-state index < -0.39 is 0 Å². The molecule has 0 heterocycles. The summed E-state index contributed by atoms with van der Waals surface area (Å²) in [5.41, 5.74) is 0. The summed E-state index contributed by atoms with van der Waals surface area (Å²) < 4.78 is 30.0. The maximum Gasteiger partial charge on any atom is 1.00 e. The van der Waals surface area contributed by atoms with E-state index in [1.54, 1.807) is 0 Å². The summed E-state index contributed by atoms with van der Waals surface area (Å²) in [6, 6.07) is 0.